The summed E-state index contributed by atoms with van der Waals surface area (Å²) in [6, 6.07) is 9.71. The van der Waals surface area contributed by atoms with Crippen LogP contribution in [-0.2, 0) is 6.61 Å². The van der Waals surface area contributed by atoms with Crippen molar-refractivity contribution in [1.82, 2.24) is 9.97 Å². The van der Waals surface area contributed by atoms with Gasteiger partial charge in [-0.15, -0.1) is 0 Å². The van der Waals surface area contributed by atoms with Crippen LogP contribution in [0.5, 0.6) is 5.75 Å². The van der Waals surface area contributed by atoms with Gasteiger partial charge in [0.15, 0.2) is 5.82 Å². The second-order valence-corrected chi connectivity index (χ2v) is 5.77. The number of benzene rings is 1. The molecular formula is C15H18IN3O. The lowest BCUT2D eigenvalue weighted by Gasteiger charge is -2.13. The zero-order chi connectivity index (χ0) is 14.5. The van der Waals surface area contributed by atoms with Gasteiger partial charge in [0.2, 0.25) is 0 Å². The minimum atomic E-state index is 0.354. The third kappa shape index (κ3) is 3.59. The molecule has 0 amide bonds. The molecule has 1 aromatic carbocycles. The van der Waals surface area contributed by atoms with Gasteiger partial charge >= 0.3 is 0 Å². The Morgan fingerprint density at radius 2 is 1.90 bits per heavy atom. The number of rotatable bonds is 5. The highest BCUT2D eigenvalue weighted by Gasteiger charge is 2.14. The first-order valence-electron chi connectivity index (χ1n) is 6.53. The lowest BCUT2D eigenvalue weighted by atomic mass is 10.1. The summed E-state index contributed by atoms with van der Waals surface area (Å²) in [4.78, 5) is 9.11. The molecule has 2 rings (SSSR count). The summed E-state index contributed by atoms with van der Waals surface area (Å²) in [6.45, 7) is 4.63. The standard InChI is InChI=1S/C15H18IN3O/c1-10(2)14-13(16)15(17-3)19-12(18-14)9-20-11-7-5-4-6-8-11/h4-8,10H,9H2,1-3H3,(H,17,18,19). The van der Waals surface area contributed by atoms with Gasteiger partial charge in [0.05, 0.1) is 9.26 Å². The maximum Gasteiger partial charge on any atom is 0.168 e. The molecule has 1 N–H and O–H groups in total. The molecule has 106 valence electrons. The summed E-state index contributed by atoms with van der Waals surface area (Å²) >= 11 is 2.28. The summed E-state index contributed by atoms with van der Waals surface area (Å²) < 4.78 is 6.78. The molecule has 0 atom stereocenters. The Kier molecular flexibility index (Phi) is 5.17. The molecule has 0 spiro atoms. The van der Waals surface area contributed by atoms with E-state index in [2.05, 4.69) is 51.7 Å². The molecule has 20 heavy (non-hydrogen) atoms. The van der Waals surface area contributed by atoms with Gasteiger partial charge in [-0.2, -0.15) is 0 Å². The number of hydrogen-bond acceptors (Lipinski definition) is 4. The first kappa shape index (κ1) is 15.0. The number of nitrogens with zero attached hydrogens (tertiary/aromatic N) is 2. The van der Waals surface area contributed by atoms with Gasteiger partial charge < -0.3 is 10.1 Å². The van der Waals surface area contributed by atoms with Crippen molar-refractivity contribution in [2.45, 2.75) is 26.4 Å². The maximum absolute atomic E-state index is 5.71. The molecule has 1 heterocycles. The predicted molar refractivity (Wildman–Crippen MR) is 89.2 cm³/mol. The van der Waals surface area contributed by atoms with E-state index in [0.717, 1.165) is 20.8 Å². The third-order valence-corrected chi connectivity index (χ3v) is 3.88. The smallest absolute Gasteiger partial charge is 0.168 e. The topological polar surface area (TPSA) is 47.0 Å². The average molecular weight is 383 g/mol. The van der Waals surface area contributed by atoms with Crippen molar-refractivity contribution < 1.29 is 4.74 Å². The lowest BCUT2D eigenvalue weighted by Crippen LogP contribution is -2.10. The molecule has 0 aliphatic rings. The number of anilines is 1. The monoisotopic (exact) mass is 383 g/mol. The van der Waals surface area contributed by atoms with Crippen LogP contribution < -0.4 is 10.1 Å². The van der Waals surface area contributed by atoms with Crippen molar-refractivity contribution in [2.75, 3.05) is 12.4 Å². The fraction of sp³-hybridized carbons (Fsp3) is 0.333. The highest BCUT2D eigenvalue weighted by Crippen LogP contribution is 2.25. The number of para-hydroxylation sites is 1. The number of ether oxygens (including phenoxy) is 1. The Morgan fingerprint density at radius 1 is 1.20 bits per heavy atom. The Bertz CT molecular complexity index is 573. The largest absolute Gasteiger partial charge is 0.486 e. The number of nitrogens with one attached hydrogen (secondary N) is 1. The van der Waals surface area contributed by atoms with Crippen molar-refractivity contribution in [2.24, 2.45) is 0 Å². The Morgan fingerprint density at radius 3 is 2.50 bits per heavy atom. The van der Waals surface area contributed by atoms with E-state index in [1.165, 1.54) is 0 Å². The summed E-state index contributed by atoms with van der Waals surface area (Å²) in [7, 11) is 1.87. The van der Waals surface area contributed by atoms with Gasteiger partial charge in [0.25, 0.3) is 0 Å². The second kappa shape index (κ2) is 6.88. The van der Waals surface area contributed by atoms with Gasteiger partial charge in [-0.25, -0.2) is 9.97 Å². The van der Waals surface area contributed by atoms with Crippen LogP contribution in [0.4, 0.5) is 5.82 Å². The molecule has 5 heteroatoms. The summed E-state index contributed by atoms with van der Waals surface area (Å²) in [5.74, 6) is 2.73. The predicted octanol–water partition coefficient (Wildman–Crippen LogP) is 3.83. The van der Waals surface area contributed by atoms with Crippen LogP contribution in [0.2, 0.25) is 0 Å². The molecule has 0 unspecified atom stereocenters. The molecular weight excluding hydrogens is 365 g/mol. The van der Waals surface area contributed by atoms with Gasteiger partial charge in [0.1, 0.15) is 18.2 Å². The minimum Gasteiger partial charge on any atom is -0.486 e. The van der Waals surface area contributed by atoms with Crippen LogP contribution in [0.15, 0.2) is 30.3 Å². The van der Waals surface area contributed by atoms with Crippen molar-refractivity contribution in [1.29, 1.82) is 0 Å². The molecule has 0 saturated heterocycles. The zero-order valence-electron chi connectivity index (χ0n) is 11.9. The summed E-state index contributed by atoms with van der Waals surface area (Å²) in [5, 5.41) is 3.11. The SMILES string of the molecule is CNc1nc(COc2ccccc2)nc(C(C)C)c1I. The van der Waals surface area contributed by atoms with Crippen molar-refractivity contribution in [3.8, 4) is 5.75 Å². The Balaban J connectivity index is 2.21. The number of aromatic nitrogens is 2. The van der Waals surface area contributed by atoms with E-state index in [4.69, 9.17) is 4.74 Å². The molecule has 4 nitrogen and oxygen atoms in total. The molecule has 0 aliphatic carbocycles. The molecule has 0 bridgehead atoms. The van der Waals surface area contributed by atoms with Crippen LogP contribution in [0.1, 0.15) is 31.3 Å². The van der Waals surface area contributed by atoms with E-state index in [1.54, 1.807) is 0 Å². The van der Waals surface area contributed by atoms with Crippen molar-refractivity contribution in [3.05, 3.63) is 45.4 Å². The fourth-order valence-corrected chi connectivity index (χ4v) is 2.92. The van der Waals surface area contributed by atoms with Crippen LogP contribution in [-0.4, -0.2) is 17.0 Å². The van der Waals surface area contributed by atoms with Crippen LogP contribution in [0, 0.1) is 3.57 Å². The van der Waals surface area contributed by atoms with E-state index in [-0.39, 0.29) is 0 Å². The fourth-order valence-electron chi connectivity index (χ4n) is 1.79. The van der Waals surface area contributed by atoms with Crippen LogP contribution in [0.3, 0.4) is 0 Å². The zero-order valence-corrected chi connectivity index (χ0v) is 14.0. The van der Waals surface area contributed by atoms with Crippen LogP contribution in [0.25, 0.3) is 0 Å². The average Bonchev–Trinajstić information content (AvgIpc) is 2.47. The van der Waals surface area contributed by atoms with Crippen molar-refractivity contribution in [3.63, 3.8) is 0 Å². The first-order chi connectivity index (χ1) is 9.61. The van der Waals surface area contributed by atoms with Gasteiger partial charge in [-0.05, 0) is 40.6 Å². The van der Waals surface area contributed by atoms with Gasteiger partial charge in [0, 0.05) is 7.05 Å². The highest BCUT2D eigenvalue weighted by atomic mass is 127. The number of halogens is 1. The van der Waals surface area contributed by atoms with E-state index in [1.807, 2.05) is 37.4 Å². The normalized spacial score (nSPS) is 10.7. The van der Waals surface area contributed by atoms with Gasteiger partial charge in [-0.1, -0.05) is 32.0 Å². The molecule has 0 aliphatic heterocycles. The van der Waals surface area contributed by atoms with Gasteiger partial charge in [-0.3, -0.25) is 0 Å². The van der Waals surface area contributed by atoms with Crippen LogP contribution >= 0.6 is 22.6 Å². The number of hydrogen-bond donors (Lipinski definition) is 1. The highest BCUT2D eigenvalue weighted by molar-refractivity contribution is 14.1. The Labute approximate surface area is 133 Å². The lowest BCUT2D eigenvalue weighted by molar-refractivity contribution is 0.295. The van der Waals surface area contributed by atoms with E-state index >= 15 is 0 Å². The quantitative estimate of drug-likeness (QED) is 0.798. The van der Waals surface area contributed by atoms with E-state index in [9.17, 15) is 0 Å². The molecule has 0 radical (unpaired) electrons. The minimum absolute atomic E-state index is 0.354. The molecule has 2 aromatic rings. The maximum atomic E-state index is 5.71. The third-order valence-electron chi connectivity index (χ3n) is 2.82. The van der Waals surface area contributed by atoms with E-state index < -0.39 is 0 Å². The molecule has 1 aromatic heterocycles. The molecule has 0 fully saturated rings. The molecule has 0 saturated carbocycles. The van der Waals surface area contributed by atoms with E-state index in [0.29, 0.717) is 18.3 Å². The Hall–Kier alpha value is -1.37. The first-order valence-corrected chi connectivity index (χ1v) is 7.61. The summed E-state index contributed by atoms with van der Waals surface area (Å²) in [6.07, 6.45) is 0. The second-order valence-electron chi connectivity index (χ2n) is 4.69. The summed E-state index contributed by atoms with van der Waals surface area (Å²) in [5.41, 5.74) is 1.05. The van der Waals surface area contributed by atoms with Crippen molar-refractivity contribution >= 4 is 28.4 Å².